The Morgan fingerprint density at radius 2 is 1.71 bits per heavy atom. The van der Waals surface area contributed by atoms with Crippen LogP contribution in [0.1, 0.15) is 25.8 Å². The van der Waals surface area contributed by atoms with Crippen LogP contribution in [0.2, 0.25) is 0 Å². The van der Waals surface area contributed by atoms with Crippen LogP contribution >= 0.6 is 0 Å². The van der Waals surface area contributed by atoms with Gasteiger partial charge in [-0.05, 0) is 44.0 Å². The average molecular weight is 306 g/mol. The molecule has 2 rings (SSSR count). The monoisotopic (exact) mass is 306 g/mol. The van der Waals surface area contributed by atoms with Gasteiger partial charge in [0.05, 0.1) is 22.8 Å². The number of rotatable bonds is 5. The van der Waals surface area contributed by atoms with E-state index in [0.717, 1.165) is 11.3 Å². The fourth-order valence-corrected chi connectivity index (χ4v) is 2.56. The van der Waals surface area contributed by atoms with Gasteiger partial charge in [0.15, 0.2) is 5.75 Å². The highest BCUT2D eigenvalue weighted by Gasteiger charge is 2.21. The number of aryl methyl sites for hydroxylation is 1. The predicted molar refractivity (Wildman–Crippen MR) is 81.5 cm³/mol. The van der Waals surface area contributed by atoms with Gasteiger partial charge in [-0.25, -0.2) is 0 Å². The summed E-state index contributed by atoms with van der Waals surface area (Å²) in [5.41, 5.74) is 2.47. The molecule has 0 aliphatic carbocycles. The molecule has 21 heavy (non-hydrogen) atoms. The van der Waals surface area contributed by atoms with Crippen molar-refractivity contribution in [1.82, 2.24) is 9.97 Å². The van der Waals surface area contributed by atoms with Gasteiger partial charge in [0.25, 0.3) is 0 Å². The number of pyridine rings is 2. The maximum absolute atomic E-state index is 11.9. The van der Waals surface area contributed by atoms with Crippen molar-refractivity contribution in [2.75, 3.05) is 0 Å². The van der Waals surface area contributed by atoms with Crippen molar-refractivity contribution < 1.29 is 12.6 Å². The summed E-state index contributed by atoms with van der Waals surface area (Å²) < 4.78 is 28.8. The highest BCUT2D eigenvalue weighted by atomic mass is 32.2. The zero-order valence-electron chi connectivity index (χ0n) is 12.3. The molecule has 5 nitrogen and oxygen atoms in total. The number of nitrogens with zero attached hydrogens (tertiary/aromatic N) is 2. The van der Waals surface area contributed by atoms with E-state index < -0.39 is 15.4 Å². The standard InChI is InChI=1S/C15H18N2O3S/c1-4-12(3)21(18,19)20-13-6-8-15(17-10-13)14-7-5-11(2)9-16-14/h5-10,12H,4H2,1-3H3. The minimum Gasteiger partial charge on any atom is -0.381 e. The second-order valence-electron chi connectivity index (χ2n) is 4.89. The summed E-state index contributed by atoms with van der Waals surface area (Å²) in [7, 11) is -3.60. The lowest BCUT2D eigenvalue weighted by Gasteiger charge is -2.11. The second kappa shape index (κ2) is 6.22. The molecule has 112 valence electrons. The molecule has 2 aromatic heterocycles. The molecule has 0 N–H and O–H groups in total. The van der Waals surface area contributed by atoms with Gasteiger partial charge >= 0.3 is 10.1 Å². The van der Waals surface area contributed by atoms with Crippen LogP contribution in [0, 0.1) is 6.92 Å². The van der Waals surface area contributed by atoms with Crippen LogP contribution in [-0.2, 0) is 10.1 Å². The van der Waals surface area contributed by atoms with Crippen LogP contribution in [0.15, 0.2) is 36.7 Å². The van der Waals surface area contributed by atoms with Crippen molar-refractivity contribution in [3.63, 3.8) is 0 Å². The number of aromatic nitrogens is 2. The Kier molecular flexibility index (Phi) is 4.57. The number of hydrogen-bond donors (Lipinski definition) is 0. The third kappa shape index (κ3) is 3.78. The molecule has 0 saturated heterocycles. The van der Waals surface area contributed by atoms with E-state index in [4.69, 9.17) is 4.18 Å². The summed E-state index contributed by atoms with van der Waals surface area (Å²) in [6.07, 6.45) is 3.66. The maximum Gasteiger partial charge on any atom is 0.311 e. The summed E-state index contributed by atoms with van der Waals surface area (Å²) in [6.45, 7) is 5.38. The molecule has 1 atom stereocenters. The van der Waals surface area contributed by atoms with E-state index in [1.165, 1.54) is 6.20 Å². The van der Waals surface area contributed by atoms with E-state index >= 15 is 0 Å². The summed E-state index contributed by atoms with van der Waals surface area (Å²) in [5.74, 6) is 0.214. The zero-order valence-corrected chi connectivity index (χ0v) is 13.1. The Balaban J connectivity index is 2.18. The first-order chi connectivity index (χ1) is 9.92. The Labute approximate surface area is 125 Å². The molecule has 0 radical (unpaired) electrons. The lowest BCUT2D eigenvalue weighted by Crippen LogP contribution is -2.22. The first-order valence-corrected chi connectivity index (χ1v) is 8.22. The van der Waals surface area contributed by atoms with Crippen LogP contribution in [0.25, 0.3) is 11.4 Å². The van der Waals surface area contributed by atoms with Crippen molar-refractivity contribution in [2.45, 2.75) is 32.4 Å². The molecule has 2 aromatic rings. The second-order valence-corrected chi connectivity index (χ2v) is 6.85. The predicted octanol–water partition coefficient (Wildman–Crippen LogP) is 2.96. The Morgan fingerprint density at radius 1 is 1.10 bits per heavy atom. The molecular formula is C15H18N2O3S. The van der Waals surface area contributed by atoms with Gasteiger partial charge < -0.3 is 4.18 Å². The molecule has 0 spiro atoms. The third-order valence-electron chi connectivity index (χ3n) is 3.19. The molecular weight excluding hydrogens is 288 g/mol. The normalized spacial score (nSPS) is 12.9. The van der Waals surface area contributed by atoms with E-state index in [9.17, 15) is 8.42 Å². The summed E-state index contributed by atoms with van der Waals surface area (Å²) in [5, 5.41) is -0.545. The van der Waals surface area contributed by atoms with Gasteiger partial charge in [-0.1, -0.05) is 13.0 Å². The van der Waals surface area contributed by atoms with Crippen LogP contribution in [0.4, 0.5) is 0 Å². The van der Waals surface area contributed by atoms with E-state index in [0.29, 0.717) is 12.1 Å². The van der Waals surface area contributed by atoms with Crippen LogP contribution < -0.4 is 4.18 Å². The van der Waals surface area contributed by atoms with Crippen LogP contribution in [0.5, 0.6) is 5.75 Å². The van der Waals surface area contributed by atoms with Gasteiger partial charge in [-0.15, -0.1) is 0 Å². The summed E-state index contributed by atoms with van der Waals surface area (Å²) >= 11 is 0. The Morgan fingerprint density at radius 3 is 2.19 bits per heavy atom. The molecule has 0 fully saturated rings. The van der Waals surface area contributed by atoms with E-state index in [1.54, 1.807) is 32.2 Å². The average Bonchev–Trinajstić information content (AvgIpc) is 2.47. The molecule has 0 aliphatic rings. The van der Waals surface area contributed by atoms with Gasteiger partial charge in [0.1, 0.15) is 0 Å². The lowest BCUT2D eigenvalue weighted by atomic mass is 10.2. The molecule has 0 aliphatic heterocycles. The quantitative estimate of drug-likeness (QED) is 0.794. The summed E-state index contributed by atoms with van der Waals surface area (Å²) in [4.78, 5) is 8.47. The van der Waals surface area contributed by atoms with E-state index in [-0.39, 0.29) is 5.75 Å². The van der Waals surface area contributed by atoms with Crippen molar-refractivity contribution in [3.8, 4) is 17.1 Å². The molecule has 6 heteroatoms. The largest absolute Gasteiger partial charge is 0.381 e. The maximum atomic E-state index is 11.9. The Bertz CT molecular complexity index is 695. The SMILES string of the molecule is CCC(C)S(=O)(=O)Oc1ccc(-c2ccc(C)cn2)nc1. The first kappa shape index (κ1) is 15.4. The van der Waals surface area contributed by atoms with Crippen LogP contribution in [0.3, 0.4) is 0 Å². The van der Waals surface area contributed by atoms with Gasteiger partial charge in [-0.2, -0.15) is 8.42 Å². The van der Waals surface area contributed by atoms with Crippen molar-refractivity contribution in [1.29, 1.82) is 0 Å². The topological polar surface area (TPSA) is 69.2 Å². The molecule has 0 aromatic carbocycles. The minimum atomic E-state index is -3.60. The summed E-state index contributed by atoms with van der Waals surface area (Å²) in [6, 6.07) is 7.10. The fraction of sp³-hybridized carbons (Fsp3) is 0.333. The minimum absolute atomic E-state index is 0.214. The van der Waals surface area contributed by atoms with E-state index in [1.807, 2.05) is 19.1 Å². The van der Waals surface area contributed by atoms with Gasteiger partial charge in [-0.3, -0.25) is 9.97 Å². The molecule has 0 bridgehead atoms. The van der Waals surface area contributed by atoms with Gasteiger partial charge in [0.2, 0.25) is 0 Å². The highest BCUT2D eigenvalue weighted by Crippen LogP contribution is 2.20. The van der Waals surface area contributed by atoms with Gasteiger partial charge in [0, 0.05) is 6.20 Å². The number of hydrogen-bond acceptors (Lipinski definition) is 5. The zero-order chi connectivity index (χ0) is 15.5. The highest BCUT2D eigenvalue weighted by molar-refractivity contribution is 7.87. The smallest absolute Gasteiger partial charge is 0.311 e. The van der Waals surface area contributed by atoms with Crippen LogP contribution in [-0.4, -0.2) is 23.6 Å². The Hall–Kier alpha value is -1.95. The lowest BCUT2D eigenvalue weighted by molar-refractivity contribution is 0.471. The molecule has 1 unspecified atom stereocenters. The van der Waals surface area contributed by atoms with Crippen molar-refractivity contribution in [3.05, 3.63) is 42.2 Å². The fourth-order valence-electron chi connectivity index (χ4n) is 1.62. The molecule has 0 saturated carbocycles. The molecule has 2 heterocycles. The van der Waals surface area contributed by atoms with Crippen molar-refractivity contribution in [2.24, 2.45) is 0 Å². The molecule has 0 amide bonds. The van der Waals surface area contributed by atoms with Crippen molar-refractivity contribution >= 4 is 10.1 Å². The first-order valence-electron chi connectivity index (χ1n) is 6.74. The third-order valence-corrected chi connectivity index (χ3v) is 4.93. The van der Waals surface area contributed by atoms with E-state index in [2.05, 4.69) is 9.97 Å².